The Balaban J connectivity index is 2.51. The van der Waals surface area contributed by atoms with Crippen LogP contribution in [0.1, 0.15) is 19.3 Å². The van der Waals surface area contributed by atoms with Crippen LogP contribution in [0.15, 0.2) is 0 Å². The van der Waals surface area contributed by atoms with Gasteiger partial charge in [0.05, 0.1) is 0 Å². The van der Waals surface area contributed by atoms with Crippen molar-refractivity contribution in [2.75, 3.05) is 0 Å². The van der Waals surface area contributed by atoms with Crippen LogP contribution in [0.4, 0.5) is 0 Å². The molecule has 0 saturated carbocycles. The van der Waals surface area contributed by atoms with E-state index in [1.54, 1.807) is 6.92 Å². The van der Waals surface area contributed by atoms with Crippen LogP contribution in [0.25, 0.3) is 0 Å². The van der Waals surface area contributed by atoms with Crippen molar-refractivity contribution in [2.24, 2.45) is 0 Å². The summed E-state index contributed by atoms with van der Waals surface area (Å²) in [5.74, 6) is 1.94. The molecule has 0 spiro atoms. The molecule has 0 radical (unpaired) electrons. The van der Waals surface area contributed by atoms with E-state index < -0.39 is 0 Å². The molecule has 0 saturated heterocycles. The van der Waals surface area contributed by atoms with E-state index in [0.29, 0.717) is 0 Å². The second-order valence-corrected chi connectivity index (χ2v) is 1.76. The van der Waals surface area contributed by atoms with Crippen molar-refractivity contribution in [1.29, 1.82) is 0 Å². The first-order chi connectivity index (χ1) is 3.39. The van der Waals surface area contributed by atoms with Gasteiger partial charge in [0.2, 0.25) is 0 Å². The second-order valence-electron chi connectivity index (χ2n) is 1.76. The summed E-state index contributed by atoms with van der Waals surface area (Å²) in [5, 5.41) is 0. The topological polar surface area (TPSA) is 17.1 Å². The van der Waals surface area contributed by atoms with E-state index in [0.717, 1.165) is 19.3 Å². The zero-order valence-electron chi connectivity index (χ0n) is 4.18. The Morgan fingerprint density at radius 3 is 2.86 bits per heavy atom. The van der Waals surface area contributed by atoms with E-state index in [2.05, 4.69) is 0 Å². The van der Waals surface area contributed by atoms with Crippen LogP contribution >= 0.6 is 0 Å². The van der Waals surface area contributed by atoms with E-state index in [1.807, 2.05) is 5.97 Å². The zero-order valence-corrected chi connectivity index (χ0v) is 4.18. The summed E-state index contributed by atoms with van der Waals surface area (Å²) in [7, 11) is 0. The molecule has 0 amide bonds. The standard InChI is InChI=1S/C5H7BO/c7-5-3-1-2-4-6-5/h4H,1-3H2. The summed E-state index contributed by atoms with van der Waals surface area (Å²) in [6.07, 6.45) is 2.90. The van der Waals surface area contributed by atoms with Crippen LogP contribution in [-0.4, -0.2) is 18.6 Å². The van der Waals surface area contributed by atoms with Gasteiger partial charge in [-0.25, -0.2) is 0 Å². The quantitative estimate of drug-likeness (QED) is 0.392. The van der Waals surface area contributed by atoms with Gasteiger partial charge in [0.1, 0.15) is 0 Å². The van der Waals surface area contributed by atoms with Crippen molar-refractivity contribution in [1.82, 2.24) is 0 Å². The summed E-state index contributed by atoms with van der Waals surface area (Å²) in [4.78, 5) is 10.4. The van der Waals surface area contributed by atoms with Crippen molar-refractivity contribution in [3.05, 3.63) is 0 Å². The summed E-state index contributed by atoms with van der Waals surface area (Å²) in [5.41, 5.74) is 0.284. The van der Waals surface area contributed by atoms with Gasteiger partial charge in [0.15, 0.2) is 0 Å². The molecule has 0 bridgehead atoms. The normalized spacial score (nSPS) is 19.1. The summed E-state index contributed by atoms with van der Waals surface area (Å²) in [6, 6.07) is 0. The van der Waals surface area contributed by atoms with Crippen LogP contribution in [-0.2, 0) is 4.79 Å². The fourth-order valence-corrected chi connectivity index (χ4v) is 0.692. The molecule has 1 heterocycles. The first-order valence-electron chi connectivity index (χ1n) is 2.59. The number of carbonyl (C=O) groups excluding carboxylic acids is 1. The van der Waals surface area contributed by atoms with Gasteiger partial charge >= 0.3 is 42.6 Å². The molecule has 1 nitrogen and oxygen atoms in total. The second kappa shape index (κ2) is 2.06. The Morgan fingerprint density at radius 1 is 1.71 bits per heavy atom. The molecule has 0 aromatic heterocycles. The van der Waals surface area contributed by atoms with Gasteiger partial charge in [-0.05, 0) is 0 Å². The van der Waals surface area contributed by atoms with E-state index in [9.17, 15) is 4.79 Å². The monoisotopic (exact) mass is 94.1 g/mol. The molecule has 1 aliphatic rings. The SMILES string of the molecule is O=C1B=CCCC1. The van der Waals surface area contributed by atoms with Crippen molar-refractivity contribution in [2.45, 2.75) is 19.3 Å². The number of hydrogen-bond acceptors (Lipinski definition) is 1. The van der Waals surface area contributed by atoms with Crippen LogP contribution in [0.5, 0.6) is 0 Å². The molecular weight excluding hydrogens is 86.9 g/mol. The fraction of sp³-hybridized carbons (Fsp3) is 0.600. The number of rotatable bonds is 0. The molecule has 1 aliphatic heterocycles. The molecule has 0 aromatic rings. The van der Waals surface area contributed by atoms with Crippen molar-refractivity contribution in [3.8, 4) is 0 Å². The number of carbonyl (C=O) groups is 1. The van der Waals surface area contributed by atoms with E-state index >= 15 is 0 Å². The third-order valence-corrected chi connectivity index (χ3v) is 1.10. The van der Waals surface area contributed by atoms with Crippen molar-refractivity contribution >= 4 is 18.6 Å². The third kappa shape index (κ3) is 1.26. The van der Waals surface area contributed by atoms with Crippen LogP contribution < -0.4 is 0 Å². The van der Waals surface area contributed by atoms with E-state index in [1.165, 1.54) is 0 Å². The Labute approximate surface area is 43.6 Å². The molecule has 1 rings (SSSR count). The average molecular weight is 93.9 g/mol. The van der Waals surface area contributed by atoms with Crippen LogP contribution in [0.2, 0.25) is 0 Å². The van der Waals surface area contributed by atoms with Crippen LogP contribution in [0, 0.1) is 0 Å². The molecule has 0 atom stereocenters. The Morgan fingerprint density at radius 2 is 2.57 bits per heavy atom. The van der Waals surface area contributed by atoms with Gasteiger partial charge in [0, 0.05) is 0 Å². The minimum atomic E-state index is 0.284. The molecule has 0 fully saturated rings. The van der Waals surface area contributed by atoms with Gasteiger partial charge in [0.25, 0.3) is 0 Å². The van der Waals surface area contributed by atoms with Gasteiger partial charge in [-0.15, -0.1) is 0 Å². The van der Waals surface area contributed by atoms with E-state index in [4.69, 9.17) is 0 Å². The van der Waals surface area contributed by atoms with Crippen LogP contribution in [0.3, 0.4) is 0 Å². The molecule has 0 N–H and O–H groups in total. The van der Waals surface area contributed by atoms with Gasteiger partial charge in [-0.1, -0.05) is 0 Å². The van der Waals surface area contributed by atoms with Gasteiger partial charge < -0.3 is 0 Å². The predicted molar refractivity (Wildman–Crippen MR) is 30.7 cm³/mol. The molecule has 36 valence electrons. The summed E-state index contributed by atoms with van der Waals surface area (Å²) < 4.78 is 0. The van der Waals surface area contributed by atoms with E-state index in [-0.39, 0.29) is 5.68 Å². The Hall–Kier alpha value is -0.395. The molecular formula is C5H7BO. The minimum absolute atomic E-state index is 0.284. The third-order valence-electron chi connectivity index (χ3n) is 1.10. The average Bonchev–Trinajstić information content (AvgIpc) is 1.69. The van der Waals surface area contributed by atoms with Gasteiger partial charge in [-0.3, -0.25) is 0 Å². The first kappa shape index (κ1) is 4.76. The first-order valence-corrected chi connectivity index (χ1v) is 2.59. The summed E-state index contributed by atoms with van der Waals surface area (Å²) >= 11 is 0. The predicted octanol–water partition coefficient (Wildman–Crippen LogP) is 0.203. The number of hydrogen-bond donors (Lipinski definition) is 0. The van der Waals surface area contributed by atoms with Crippen molar-refractivity contribution in [3.63, 3.8) is 0 Å². The maximum absolute atomic E-state index is 10.4. The molecule has 2 heteroatoms. The Kier molecular flexibility index (Phi) is 1.40. The molecule has 0 aliphatic carbocycles. The van der Waals surface area contributed by atoms with Crippen molar-refractivity contribution < 1.29 is 4.79 Å². The Bertz CT molecular complexity index is 107. The fourth-order valence-electron chi connectivity index (χ4n) is 0.692. The molecule has 0 aromatic carbocycles. The summed E-state index contributed by atoms with van der Waals surface area (Å²) in [6.45, 7) is 1.67. The van der Waals surface area contributed by atoms with Gasteiger partial charge in [-0.2, -0.15) is 0 Å². The zero-order chi connectivity index (χ0) is 5.11. The maximum atomic E-state index is 10.4. The molecule has 0 unspecified atom stereocenters. The molecule has 7 heavy (non-hydrogen) atoms.